The molecule has 0 atom stereocenters. The van der Waals surface area contributed by atoms with Crippen LogP contribution in [-0.4, -0.2) is 13.7 Å². The van der Waals surface area contributed by atoms with Crippen LogP contribution in [0, 0.1) is 20.8 Å². The van der Waals surface area contributed by atoms with Gasteiger partial charge in [-0.1, -0.05) is 29.8 Å². The zero-order chi connectivity index (χ0) is 11.3. The number of aryl methyl sites for hydroxylation is 3. The van der Waals surface area contributed by atoms with Crippen LogP contribution in [0.5, 0.6) is 0 Å². The SMILES string of the molecule is CNOC/C=C/c1c(C)cc(C)cc1C. The van der Waals surface area contributed by atoms with Gasteiger partial charge in [0.15, 0.2) is 0 Å². The number of hydroxylamine groups is 1. The molecule has 0 aliphatic heterocycles. The zero-order valence-corrected chi connectivity index (χ0v) is 9.92. The molecule has 0 spiro atoms. The second-order valence-corrected chi connectivity index (χ2v) is 3.73. The second-order valence-electron chi connectivity index (χ2n) is 3.73. The maximum absolute atomic E-state index is 5.02. The Balaban J connectivity index is 2.80. The number of rotatable bonds is 4. The van der Waals surface area contributed by atoms with E-state index in [1.54, 1.807) is 7.05 Å². The Labute approximate surface area is 91.9 Å². The highest BCUT2D eigenvalue weighted by Crippen LogP contribution is 2.17. The van der Waals surface area contributed by atoms with Gasteiger partial charge in [0, 0.05) is 7.05 Å². The Morgan fingerprint density at radius 3 is 2.33 bits per heavy atom. The number of nitrogens with one attached hydrogen (secondary N) is 1. The van der Waals surface area contributed by atoms with Gasteiger partial charge in [0.05, 0.1) is 6.61 Å². The van der Waals surface area contributed by atoms with Crippen molar-refractivity contribution in [2.45, 2.75) is 20.8 Å². The van der Waals surface area contributed by atoms with Gasteiger partial charge in [-0.2, -0.15) is 0 Å². The van der Waals surface area contributed by atoms with Crippen LogP contribution in [0.4, 0.5) is 0 Å². The van der Waals surface area contributed by atoms with E-state index in [-0.39, 0.29) is 0 Å². The molecule has 0 radical (unpaired) electrons. The third-order valence-electron chi connectivity index (χ3n) is 2.35. The topological polar surface area (TPSA) is 21.3 Å². The lowest BCUT2D eigenvalue weighted by molar-refractivity contribution is 0.0814. The van der Waals surface area contributed by atoms with Gasteiger partial charge in [0.2, 0.25) is 0 Å². The van der Waals surface area contributed by atoms with Crippen LogP contribution in [0.3, 0.4) is 0 Å². The van der Waals surface area contributed by atoms with Crippen molar-refractivity contribution in [1.29, 1.82) is 0 Å². The predicted octanol–water partition coefficient (Wildman–Crippen LogP) is 2.78. The van der Waals surface area contributed by atoms with Gasteiger partial charge in [-0.05, 0) is 37.5 Å². The van der Waals surface area contributed by atoms with Crippen molar-refractivity contribution in [2.75, 3.05) is 13.7 Å². The minimum Gasteiger partial charge on any atom is -0.298 e. The molecule has 1 N–H and O–H groups in total. The molecular formula is C13H19NO. The molecule has 0 amide bonds. The minimum absolute atomic E-state index is 0.587. The summed E-state index contributed by atoms with van der Waals surface area (Å²) in [5, 5.41) is 0. The van der Waals surface area contributed by atoms with Crippen LogP contribution >= 0.6 is 0 Å². The van der Waals surface area contributed by atoms with Crippen molar-refractivity contribution in [3.63, 3.8) is 0 Å². The largest absolute Gasteiger partial charge is 0.298 e. The normalized spacial score (nSPS) is 11.2. The average Bonchev–Trinajstić information content (AvgIpc) is 2.15. The number of hydrogen-bond donors (Lipinski definition) is 1. The summed E-state index contributed by atoms with van der Waals surface area (Å²) in [7, 11) is 1.76. The maximum atomic E-state index is 5.02. The average molecular weight is 205 g/mol. The monoisotopic (exact) mass is 205 g/mol. The summed E-state index contributed by atoms with van der Waals surface area (Å²) >= 11 is 0. The van der Waals surface area contributed by atoms with Crippen LogP contribution in [0.15, 0.2) is 18.2 Å². The van der Waals surface area contributed by atoms with Crippen molar-refractivity contribution in [3.05, 3.63) is 40.5 Å². The molecule has 0 fully saturated rings. The minimum atomic E-state index is 0.587. The summed E-state index contributed by atoms with van der Waals surface area (Å²) in [6.07, 6.45) is 4.13. The van der Waals surface area contributed by atoms with Crippen molar-refractivity contribution in [3.8, 4) is 0 Å². The van der Waals surface area contributed by atoms with Crippen LogP contribution < -0.4 is 5.48 Å². The van der Waals surface area contributed by atoms with Gasteiger partial charge in [0.25, 0.3) is 0 Å². The fourth-order valence-electron chi connectivity index (χ4n) is 1.75. The van der Waals surface area contributed by atoms with Gasteiger partial charge < -0.3 is 0 Å². The van der Waals surface area contributed by atoms with E-state index in [1.807, 2.05) is 6.08 Å². The molecule has 0 saturated carbocycles. The molecule has 1 aromatic rings. The number of benzene rings is 1. The molecule has 0 aliphatic carbocycles. The number of hydrogen-bond acceptors (Lipinski definition) is 2. The standard InChI is InChI=1S/C13H19NO/c1-10-8-11(2)13(12(3)9-10)6-5-7-15-14-4/h5-6,8-9,14H,7H2,1-4H3/b6-5+. The smallest absolute Gasteiger partial charge is 0.0866 e. The lowest BCUT2D eigenvalue weighted by Crippen LogP contribution is -2.06. The first-order valence-electron chi connectivity index (χ1n) is 5.18. The fourth-order valence-corrected chi connectivity index (χ4v) is 1.75. The Bertz CT molecular complexity index is 333. The zero-order valence-electron chi connectivity index (χ0n) is 9.92. The summed E-state index contributed by atoms with van der Waals surface area (Å²) in [4.78, 5) is 5.02. The van der Waals surface area contributed by atoms with E-state index in [4.69, 9.17) is 4.84 Å². The Hall–Kier alpha value is -1.12. The van der Waals surface area contributed by atoms with E-state index in [9.17, 15) is 0 Å². The quantitative estimate of drug-likeness (QED) is 0.603. The Morgan fingerprint density at radius 1 is 1.20 bits per heavy atom. The van der Waals surface area contributed by atoms with E-state index in [2.05, 4.69) is 44.5 Å². The van der Waals surface area contributed by atoms with Gasteiger partial charge >= 0.3 is 0 Å². The lowest BCUT2D eigenvalue weighted by atomic mass is 9.99. The molecule has 2 heteroatoms. The van der Waals surface area contributed by atoms with Crippen molar-refractivity contribution >= 4 is 6.08 Å². The predicted molar refractivity (Wildman–Crippen MR) is 64.7 cm³/mol. The van der Waals surface area contributed by atoms with E-state index in [0.29, 0.717) is 6.61 Å². The molecule has 1 rings (SSSR count). The van der Waals surface area contributed by atoms with E-state index < -0.39 is 0 Å². The summed E-state index contributed by atoms with van der Waals surface area (Å²) in [5.41, 5.74) is 7.87. The van der Waals surface area contributed by atoms with Crippen LogP contribution in [0.25, 0.3) is 6.08 Å². The summed E-state index contributed by atoms with van der Waals surface area (Å²) in [5.74, 6) is 0. The second kappa shape index (κ2) is 5.69. The highest BCUT2D eigenvalue weighted by Gasteiger charge is 1.99. The van der Waals surface area contributed by atoms with Crippen molar-refractivity contribution in [2.24, 2.45) is 0 Å². The molecule has 2 nitrogen and oxygen atoms in total. The third kappa shape index (κ3) is 3.50. The molecule has 15 heavy (non-hydrogen) atoms. The summed E-state index contributed by atoms with van der Waals surface area (Å²) in [6.45, 7) is 6.98. The highest BCUT2D eigenvalue weighted by molar-refractivity contribution is 5.58. The molecular weight excluding hydrogens is 186 g/mol. The van der Waals surface area contributed by atoms with Crippen molar-refractivity contribution < 1.29 is 4.84 Å². The molecule has 0 heterocycles. The van der Waals surface area contributed by atoms with Gasteiger partial charge in [-0.25, -0.2) is 5.48 Å². The molecule has 0 unspecified atom stereocenters. The van der Waals surface area contributed by atoms with Crippen LogP contribution in [0.1, 0.15) is 22.3 Å². The van der Waals surface area contributed by atoms with Gasteiger partial charge in [-0.15, -0.1) is 0 Å². The van der Waals surface area contributed by atoms with E-state index in [1.165, 1.54) is 22.3 Å². The maximum Gasteiger partial charge on any atom is 0.0866 e. The molecule has 0 aliphatic rings. The van der Waals surface area contributed by atoms with Crippen molar-refractivity contribution in [1.82, 2.24) is 5.48 Å². The molecule has 0 saturated heterocycles. The van der Waals surface area contributed by atoms with E-state index in [0.717, 1.165) is 0 Å². The summed E-state index contributed by atoms with van der Waals surface area (Å²) < 4.78 is 0. The highest BCUT2D eigenvalue weighted by atomic mass is 16.6. The first-order chi connectivity index (χ1) is 7.15. The van der Waals surface area contributed by atoms with Gasteiger partial charge in [-0.3, -0.25) is 4.84 Å². The van der Waals surface area contributed by atoms with Crippen LogP contribution in [-0.2, 0) is 4.84 Å². The van der Waals surface area contributed by atoms with Gasteiger partial charge in [0.1, 0.15) is 0 Å². The first kappa shape index (κ1) is 12.0. The first-order valence-corrected chi connectivity index (χ1v) is 5.18. The third-order valence-corrected chi connectivity index (χ3v) is 2.35. The fraction of sp³-hybridized carbons (Fsp3) is 0.385. The molecule has 0 bridgehead atoms. The molecule has 82 valence electrons. The Kier molecular flexibility index (Phi) is 4.53. The lowest BCUT2D eigenvalue weighted by Gasteiger charge is -2.06. The Morgan fingerprint density at radius 2 is 1.80 bits per heavy atom. The van der Waals surface area contributed by atoms with Crippen LogP contribution in [0.2, 0.25) is 0 Å². The van der Waals surface area contributed by atoms with E-state index >= 15 is 0 Å². The molecule has 1 aromatic carbocycles. The molecule has 0 aromatic heterocycles. The summed E-state index contributed by atoms with van der Waals surface area (Å²) in [6, 6.07) is 4.40.